The molecule has 3 aromatic rings. The van der Waals surface area contributed by atoms with E-state index in [0.29, 0.717) is 38.0 Å². The van der Waals surface area contributed by atoms with Crippen molar-refractivity contribution in [2.75, 3.05) is 77.4 Å². The van der Waals surface area contributed by atoms with Gasteiger partial charge in [0.1, 0.15) is 17.2 Å². The Hall–Kier alpha value is -3.11. The number of morpholine rings is 1. The highest BCUT2D eigenvalue weighted by atomic mass is 32.2. The van der Waals surface area contributed by atoms with Gasteiger partial charge in [-0.3, -0.25) is 4.90 Å². The fraction of sp³-hybridized carbons (Fsp3) is 0.519. The quantitative estimate of drug-likeness (QED) is 0.293. The number of nitrogens with one attached hydrogen (secondary N) is 3. The summed E-state index contributed by atoms with van der Waals surface area (Å²) in [6, 6.07) is 6.29. The van der Waals surface area contributed by atoms with Crippen LogP contribution in [-0.4, -0.2) is 100 Å². The van der Waals surface area contributed by atoms with Crippen molar-refractivity contribution in [3.63, 3.8) is 0 Å². The Morgan fingerprint density at radius 1 is 1.10 bits per heavy atom. The molecule has 2 saturated heterocycles. The zero-order chi connectivity index (χ0) is 29.9. The van der Waals surface area contributed by atoms with Gasteiger partial charge in [0.05, 0.1) is 48.5 Å². The number of ether oxygens (including phenoxy) is 3. The number of hydrogen-bond acceptors (Lipinski definition) is 9. The summed E-state index contributed by atoms with van der Waals surface area (Å²) in [4.78, 5) is 9.40. The van der Waals surface area contributed by atoms with Gasteiger partial charge in [-0.1, -0.05) is 0 Å². The highest BCUT2D eigenvalue weighted by Crippen LogP contribution is 2.40. The summed E-state index contributed by atoms with van der Waals surface area (Å²) >= 11 is 0. The van der Waals surface area contributed by atoms with Gasteiger partial charge in [-0.05, 0) is 25.0 Å². The van der Waals surface area contributed by atoms with E-state index in [2.05, 4.69) is 25.5 Å². The SMILES string of the molecule is COCCNc1cc(Nc2ccc(S(=O)(=O)N3CCC(N4CCOCC4)CC3)cc2OC)nc2[nH]cc(C(F)(F)F)c12. The van der Waals surface area contributed by atoms with Crippen LogP contribution in [0, 0.1) is 0 Å². The van der Waals surface area contributed by atoms with Gasteiger partial charge in [0, 0.05) is 69.9 Å². The van der Waals surface area contributed by atoms with Crippen molar-refractivity contribution >= 4 is 38.2 Å². The number of nitrogens with zero attached hydrogens (tertiary/aromatic N) is 3. The molecule has 3 N–H and O–H groups in total. The molecule has 5 rings (SSSR count). The maximum Gasteiger partial charge on any atom is 0.418 e. The number of H-pyrrole nitrogens is 1. The molecular weight excluding hydrogens is 577 g/mol. The summed E-state index contributed by atoms with van der Waals surface area (Å²) in [7, 11) is -0.850. The van der Waals surface area contributed by atoms with Gasteiger partial charge in [-0.15, -0.1) is 0 Å². The fourth-order valence-corrected chi connectivity index (χ4v) is 6.95. The molecule has 2 fully saturated rings. The minimum absolute atomic E-state index is 0.0332. The number of aromatic nitrogens is 2. The first kappa shape index (κ1) is 30.4. The molecule has 2 aromatic heterocycles. The maximum absolute atomic E-state index is 13.6. The Morgan fingerprint density at radius 2 is 1.83 bits per heavy atom. The van der Waals surface area contributed by atoms with Crippen molar-refractivity contribution in [2.24, 2.45) is 0 Å². The third kappa shape index (κ3) is 6.44. The second-order valence-corrected chi connectivity index (χ2v) is 12.1. The second kappa shape index (κ2) is 12.6. The minimum atomic E-state index is -4.57. The van der Waals surface area contributed by atoms with Crippen LogP contribution < -0.4 is 15.4 Å². The monoisotopic (exact) mass is 612 g/mol. The molecule has 0 unspecified atom stereocenters. The summed E-state index contributed by atoms with van der Waals surface area (Å²) < 4.78 is 85.4. The molecule has 0 saturated carbocycles. The largest absolute Gasteiger partial charge is 0.495 e. The van der Waals surface area contributed by atoms with E-state index in [9.17, 15) is 21.6 Å². The standard InChI is InChI=1S/C27H35F3N6O5S/c1-39-12-7-31-22-16-24(34-26-25(22)20(17-32-26)27(28,29)30)33-21-4-3-19(15-23(21)40-2)42(37,38)36-8-5-18(6-9-36)35-10-13-41-14-11-35/h3-4,15-18H,5-14H2,1-2H3,(H3,31,32,33,34). The van der Waals surface area contributed by atoms with Crippen molar-refractivity contribution in [3.8, 4) is 5.75 Å². The zero-order valence-corrected chi connectivity index (χ0v) is 24.3. The summed E-state index contributed by atoms with van der Waals surface area (Å²) in [5.41, 5.74) is -0.185. The van der Waals surface area contributed by atoms with E-state index in [0.717, 1.165) is 32.1 Å². The molecule has 0 spiro atoms. The third-order valence-electron chi connectivity index (χ3n) is 7.63. The van der Waals surface area contributed by atoms with E-state index >= 15 is 0 Å². The number of fused-ring (bicyclic) bond motifs is 1. The molecule has 0 aliphatic carbocycles. The molecule has 2 aliphatic heterocycles. The molecule has 1 aromatic carbocycles. The molecule has 15 heteroatoms. The lowest BCUT2D eigenvalue weighted by Gasteiger charge is -2.39. The molecular formula is C27H35F3N6O5S. The molecule has 42 heavy (non-hydrogen) atoms. The highest BCUT2D eigenvalue weighted by molar-refractivity contribution is 7.89. The van der Waals surface area contributed by atoms with Crippen molar-refractivity contribution in [3.05, 3.63) is 36.0 Å². The zero-order valence-electron chi connectivity index (χ0n) is 23.5. The Morgan fingerprint density at radius 3 is 2.50 bits per heavy atom. The van der Waals surface area contributed by atoms with Crippen molar-refractivity contribution in [1.29, 1.82) is 0 Å². The molecule has 2 aliphatic rings. The van der Waals surface area contributed by atoms with E-state index in [-0.39, 0.29) is 46.3 Å². The van der Waals surface area contributed by atoms with E-state index < -0.39 is 21.8 Å². The van der Waals surface area contributed by atoms with Crippen LogP contribution in [0.2, 0.25) is 0 Å². The van der Waals surface area contributed by atoms with E-state index in [1.165, 1.54) is 36.7 Å². The summed E-state index contributed by atoms with van der Waals surface area (Å²) in [6.45, 7) is 4.54. The van der Waals surface area contributed by atoms with Crippen LogP contribution in [0.25, 0.3) is 11.0 Å². The number of pyridine rings is 1. The molecule has 0 atom stereocenters. The van der Waals surface area contributed by atoms with Gasteiger partial charge >= 0.3 is 6.18 Å². The van der Waals surface area contributed by atoms with E-state index in [1.54, 1.807) is 6.07 Å². The van der Waals surface area contributed by atoms with Crippen LogP contribution in [0.4, 0.5) is 30.4 Å². The molecule has 230 valence electrons. The van der Waals surface area contributed by atoms with Crippen molar-refractivity contribution in [2.45, 2.75) is 30.0 Å². The Bertz CT molecular complexity index is 1490. The van der Waals surface area contributed by atoms with E-state index in [4.69, 9.17) is 14.2 Å². The van der Waals surface area contributed by atoms with Crippen LogP contribution >= 0.6 is 0 Å². The third-order valence-corrected chi connectivity index (χ3v) is 9.52. The highest BCUT2D eigenvalue weighted by Gasteiger charge is 2.36. The lowest BCUT2D eigenvalue weighted by molar-refractivity contribution is -0.136. The summed E-state index contributed by atoms with van der Waals surface area (Å²) in [5, 5.41) is 5.95. The number of sulfonamides is 1. The first-order valence-corrected chi connectivity index (χ1v) is 15.1. The Labute approximate surface area is 242 Å². The predicted octanol–water partition coefficient (Wildman–Crippen LogP) is 3.88. The van der Waals surface area contributed by atoms with Gasteiger partial charge < -0.3 is 29.8 Å². The van der Waals surface area contributed by atoms with Gasteiger partial charge in [-0.2, -0.15) is 17.5 Å². The molecule has 11 nitrogen and oxygen atoms in total. The normalized spacial score (nSPS) is 17.9. The van der Waals surface area contributed by atoms with Crippen LogP contribution in [0.1, 0.15) is 18.4 Å². The number of alkyl halides is 3. The fourth-order valence-electron chi connectivity index (χ4n) is 5.46. The first-order chi connectivity index (χ1) is 20.1. The summed E-state index contributed by atoms with van der Waals surface area (Å²) in [5.74, 6) is 0.481. The number of methoxy groups -OCH3 is 2. The van der Waals surface area contributed by atoms with Gasteiger partial charge in [0.25, 0.3) is 0 Å². The molecule has 0 amide bonds. The topological polar surface area (TPSA) is 121 Å². The number of piperidine rings is 1. The van der Waals surface area contributed by atoms with Crippen LogP contribution in [0.5, 0.6) is 5.75 Å². The molecule has 0 bridgehead atoms. The Kier molecular flexibility index (Phi) is 9.13. The Balaban J connectivity index is 1.36. The van der Waals surface area contributed by atoms with Crippen molar-refractivity contribution in [1.82, 2.24) is 19.2 Å². The number of benzene rings is 1. The maximum atomic E-state index is 13.6. The molecule has 4 heterocycles. The van der Waals surface area contributed by atoms with Gasteiger partial charge in [0.15, 0.2) is 0 Å². The minimum Gasteiger partial charge on any atom is -0.495 e. The van der Waals surface area contributed by atoms with Gasteiger partial charge in [-0.25, -0.2) is 13.4 Å². The lowest BCUT2D eigenvalue weighted by Crippen LogP contribution is -2.50. The number of hydrogen-bond donors (Lipinski definition) is 3. The van der Waals surface area contributed by atoms with Crippen LogP contribution in [0.15, 0.2) is 35.4 Å². The smallest absolute Gasteiger partial charge is 0.418 e. The van der Waals surface area contributed by atoms with E-state index in [1.807, 2.05) is 0 Å². The second-order valence-electron chi connectivity index (χ2n) is 10.2. The average Bonchev–Trinajstić information content (AvgIpc) is 3.43. The lowest BCUT2D eigenvalue weighted by atomic mass is 10.0. The predicted molar refractivity (Wildman–Crippen MR) is 152 cm³/mol. The average molecular weight is 613 g/mol. The number of halogens is 3. The van der Waals surface area contributed by atoms with Gasteiger partial charge in [0.2, 0.25) is 10.0 Å². The van der Waals surface area contributed by atoms with Crippen molar-refractivity contribution < 1.29 is 35.8 Å². The number of rotatable bonds is 10. The number of aromatic amines is 1. The van der Waals surface area contributed by atoms with Crippen LogP contribution in [0.3, 0.4) is 0 Å². The summed E-state index contributed by atoms with van der Waals surface area (Å²) in [6.07, 6.45) is -2.19. The first-order valence-electron chi connectivity index (χ1n) is 13.7. The molecule has 0 radical (unpaired) electrons. The number of anilines is 3. The van der Waals surface area contributed by atoms with Crippen LogP contribution in [-0.2, 0) is 25.7 Å².